The van der Waals surface area contributed by atoms with Crippen molar-refractivity contribution in [1.29, 1.82) is 0 Å². The number of hydrogen-bond acceptors (Lipinski definition) is 7. The van der Waals surface area contributed by atoms with E-state index in [4.69, 9.17) is 25.8 Å². The van der Waals surface area contributed by atoms with Gasteiger partial charge in [-0.3, -0.25) is 4.52 Å². The Morgan fingerprint density at radius 2 is 1.77 bits per heavy atom. The Balaban J connectivity index is 2.55. The van der Waals surface area contributed by atoms with E-state index in [2.05, 4.69) is 19.1 Å². The molecule has 0 aliphatic carbocycles. The van der Waals surface area contributed by atoms with Gasteiger partial charge in [0, 0.05) is 5.92 Å². The van der Waals surface area contributed by atoms with Gasteiger partial charge in [-0.1, -0.05) is 0 Å². The molecule has 4 N–H and O–H groups in total. The normalized spacial score (nSPS) is 31.2. The van der Waals surface area contributed by atoms with Crippen LogP contribution in [0.15, 0.2) is 0 Å². The maximum atomic E-state index is 11.5. The monoisotopic (exact) mass is 380 g/mol. The molecule has 1 rings (SSSR count). The van der Waals surface area contributed by atoms with Crippen LogP contribution >= 0.6 is 23.5 Å². The van der Waals surface area contributed by atoms with Crippen LogP contribution in [0.3, 0.4) is 0 Å². The predicted molar refractivity (Wildman–Crippen MR) is 71.1 cm³/mol. The summed E-state index contributed by atoms with van der Waals surface area (Å²) in [5.41, 5.74) is 0. The fourth-order valence-corrected chi connectivity index (χ4v) is 4.77. The van der Waals surface area contributed by atoms with E-state index in [1.165, 1.54) is 0 Å². The van der Waals surface area contributed by atoms with Crippen molar-refractivity contribution in [3.05, 3.63) is 0 Å². The molecule has 5 atom stereocenters. The highest BCUT2D eigenvalue weighted by atomic mass is 31.3. The van der Waals surface area contributed by atoms with Gasteiger partial charge in [0.15, 0.2) is 0 Å². The molecule has 1 fully saturated rings. The Morgan fingerprint density at radius 1 is 1.18 bits per heavy atom. The minimum atomic E-state index is -5.50. The van der Waals surface area contributed by atoms with Gasteiger partial charge in [-0.25, -0.2) is 13.7 Å². The van der Waals surface area contributed by atoms with Crippen LogP contribution in [0.25, 0.3) is 0 Å². The Kier molecular flexibility index (Phi) is 6.56. The fraction of sp³-hybridized carbons (Fsp3) is 0.750. The predicted octanol–water partition coefficient (Wildman–Crippen LogP) is 0.756. The number of rotatable bonds is 7. The van der Waals surface area contributed by atoms with E-state index in [9.17, 15) is 18.6 Å². The first-order valence-electron chi connectivity index (χ1n) is 5.73. The molecular weight excluding hydrogens is 365 g/mol. The smallest absolute Gasteiger partial charge is 0.372 e. The molecular formula is C8H15O11P3. The summed E-state index contributed by atoms with van der Waals surface area (Å²) in [7, 11) is -16.0. The second-order valence-electron chi connectivity index (χ2n) is 4.36. The first-order chi connectivity index (χ1) is 9.84. The lowest BCUT2D eigenvalue weighted by atomic mass is 10.0. The van der Waals surface area contributed by atoms with E-state index in [0.29, 0.717) is 6.42 Å². The molecule has 0 spiro atoms. The minimum Gasteiger partial charge on any atom is -0.372 e. The van der Waals surface area contributed by atoms with E-state index < -0.39 is 36.2 Å². The molecule has 0 saturated carbocycles. The van der Waals surface area contributed by atoms with Gasteiger partial charge in [0.05, 0.1) is 18.8 Å². The maximum absolute atomic E-state index is 11.5. The third-order valence-electron chi connectivity index (χ3n) is 2.54. The van der Waals surface area contributed by atoms with Crippen LogP contribution in [0.5, 0.6) is 0 Å². The quantitative estimate of drug-likeness (QED) is 0.363. The maximum Gasteiger partial charge on any atom is 0.490 e. The number of phosphoric acid groups is 3. The second-order valence-corrected chi connectivity index (χ2v) is 8.78. The zero-order valence-electron chi connectivity index (χ0n) is 11.2. The lowest BCUT2D eigenvalue weighted by Crippen LogP contribution is -2.15. The second kappa shape index (κ2) is 7.22. The Labute approximate surface area is 126 Å². The third-order valence-corrected chi connectivity index (χ3v) is 6.35. The number of hydrogen-bond donors (Lipinski definition) is 4. The summed E-state index contributed by atoms with van der Waals surface area (Å²) in [5.74, 6) is 2.26. The number of ether oxygens (including phenoxy) is 1. The molecule has 0 aromatic carbocycles. The molecule has 0 bridgehead atoms. The van der Waals surface area contributed by atoms with Crippen LogP contribution in [-0.2, 0) is 31.6 Å². The molecule has 11 nitrogen and oxygen atoms in total. The lowest BCUT2D eigenvalue weighted by molar-refractivity contribution is 0.0155. The van der Waals surface area contributed by atoms with E-state index >= 15 is 0 Å². The summed E-state index contributed by atoms with van der Waals surface area (Å²) >= 11 is 0. The SMILES string of the molecule is C#C[C@H]1CC(COP(=O)(O)OP(=O)(O)OP(=O)(O)O)OC1C. The van der Waals surface area contributed by atoms with Crippen LogP contribution in [0.2, 0.25) is 0 Å². The van der Waals surface area contributed by atoms with Crippen molar-refractivity contribution >= 4 is 23.5 Å². The largest absolute Gasteiger partial charge is 0.490 e. The van der Waals surface area contributed by atoms with Crippen LogP contribution in [-0.4, -0.2) is 38.4 Å². The molecule has 0 aromatic heterocycles. The van der Waals surface area contributed by atoms with E-state index in [0.717, 1.165) is 0 Å². The Bertz CT molecular complexity index is 576. The van der Waals surface area contributed by atoms with Gasteiger partial charge >= 0.3 is 23.5 Å². The van der Waals surface area contributed by atoms with Crippen molar-refractivity contribution in [3.8, 4) is 12.3 Å². The summed E-state index contributed by atoms with van der Waals surface area (Å²) in [6, 6.07) is 0. The van der Waals surface area contributed by atoms with Crippen molar-refractivity contribution in [3.63, 3.8) is 0 Å². The van der Waals surface area contributed by atoms with Crippen LogP contribution in [0.1, 0.15) is 13.3 Å². The van der Waals surface area contributed by atoms with Gasteiger partial charge in [0.1, 0.15) is 0 Å². The molecule has 1 aliphatic rings. The van der Waals surface area contributed by atoms with Gasteiger partial charge in [-0.2, -0.15) is 8.62 Å². The topological polar surface area (TPSA) is 169 Å². The summed E-state index contributed by atoms with van der Waals surface area (Å²) in [6.07, 6.45) is 4.66. The molecule has 22 heavy (non-hydrogen) atoms. The average Bonchev–Trinajstić information content (AvgIpc) is 2.62. The fourth-order valence-electron chi connectivity index (χ4n) is 1.72. The first-order valence-corrected chi connectivity index (χ1v) is 10.3. The van der Waals surface area contributed by atoms with Crippen molar-refractivity contribution in [2.24, 2.45) is 5.92 Å². The molecule has 1 saturated heterocycles. The summed E-state index contributed by atoms with van der Waals surface area (Å²) in [5, 5.41) is 0. The summed E-state index contributed by atoms with van der Waals surface area (Å²) in [6.45, 7) is 1.22. The lowest BCUT2D eigenvalue weighted by Gasteiger charge is -2.17. The standard InChI is InChI=1S/C8H15O11P3/c1-3-7-4-8(17-6(7)2)5-16-21(12,13)19-22(14,15)18-20(9,10)11/h1,6-8H,4-5H2,2H3,(H,12,13)(H,14,15)(H2,9,10,11)/t6?,7-,8?/m0/s1. The molecule has 4 unspecified atom stereocenters. The van der Waals surface area contributed by atoms with Gasteiger partial charge < -0.3 is 24.3 Å². The summed E-state index contributed by atoms with van der Waals surface area (Å²) < 4.78 is 49.9. The zero-order chi connectivity index (χ0) is 17.2. The number of terminal acetylenes is 1. The van der Waals surface area contributed by atoms with Crippen LogP contribution in [0.4, 0.5) is 0 Å². The van der Waals surface area contributed by atoms with Gasteiger partial charge in [0.25, 0.3) is 0 Å². The van der Waals surface area contributed by atoms with Crippen molar-refractivity contribution < 1.29 is 51.2 Å². The first kappa shape index (κ1) is 20.0. The highest BCUT2D eigenvalue weighted by Gasteiger charge is 2.41. The van der Waals surface area contributed by atoms with E-state index in [-0.39, 0.29) is 12.0 Å². The molecule has 0 amide bonds. The van der Waals surface area contributed by atoms with Crippen molar-refractivity contribution in [1.82, 2.24) is 0 Å². The van der Waals surface area contributed by atoms with Gasteiger partial charge in [-0.15, -0.1) is 12.3 Å². The highest BCUT2D eigenvalue weighted by Crippen LogP contribution is 2.66. The minimum absolute atomic E-state index is 0.213. The van der Waals surface area contributed by atoms with Crippen molar-refractivity contribution in [2.75, 3.05) is 6.61 Å². The average molecular weight is 380 g/mol. The van der Waals surface area contributed by atoms with Crippen LogP contribution < -0.4 is 0 Å². The third kappa shape index (κ3) is 7.01. The van der Waals surface area contributed by atoms with Gasteiger partial charge in [-0.05, 0) is 13.3 Å². The molecule has 0 aromatic rings. The molecule has 128 valence electrons. The zero-order valence-corrected chi connectivity index (χ0v) is 13.9. The molecule has 14 heteroatoms. The van der Waals surface area contributed by atoms with Gasteiger partial charge in [0.2, 0.25) is 0 Å². The highest BCUT2D eigenvalue weighted by molar-refractivity contribution is 7.66. The molecule has 1 heterocycles. The number of phosphoric ester groups is 1. The Hall–Kier alpha value is -0.0700. The summed E-state index contributed by atoms with van der Waals surface area (Å²) in [4.78, 5) is 34.9. The van der Waals surface area contributed by atoms with E-state index in [1.54, 1.807) is 6.92 Å². The van der Waals surface area contributed by atoms with E-state index in [1.807, 2.05) is 0 Å². The molecule has 1 aliphatic heterocycles. The van der Waals surface area contributed by atoms with Crippen LogP contribution in [0, 0.1) is 18.3 Å². The van der Waals surface area contributed by atoms with Crippen molar-refractivity contribution in [2.45, 2.75) is 25.6 Å². The Morgan fingerprint density at radius 3 is 2.23 bits per heavy atom. The molecule has 0 radical (unpaired) electrons.